The Morgan fingerprint density at radius 1 is 1.05 bits per heavy atom. The van der Waals surface area contributed by atoms with Gasteiger partial charge in [-0.15, -0.1) is 11.6 Å². The predicted octanol–water partition coefficient (Wildman–Crippen LogP) is 4.13. The fraction of sp³-hybridized carbons (Fsp3) is 0.278. The highest BCUT2D eigenvalue weighted by atomic mass is 35.5. The lowest BCUT2D eigenvalue weighted by Crippen LogP contribution is -2.32. The summed E-state index contributed by atoms with van der Waals surface area (Å²) < 4.78 is 0. The molecular weight excluding hydrogens is 282 g/mol. The summed E-state index contributed by atoms with van der Waals surface area (Å²) in [5.74, 6) is 0.498. The van der Waals surface area contributed by atoms with Gasteiger partial charge in [-0.1, -0.05) is 42.5 Å². The standard InChI is InChI=1S/C18H20ClNO/c1-2-20(12-11-15-7-4-3-5-8-15)18(21)17-10-6-9-16(13-17)14-19/h3-10,13H,2,11-12,14H2,1H3. The Bertz CT molecular complexity index is 583. The molecule has 0 heterocycles. The minimum atomic E-state index is 0.0698. The zero-order valence-electron chi connectivity index (χ0n) is 12.3. The number of hydrogen-bond acceptors (Lipinski definition) is 1. The van der Waals surface area contributed by atoms with Gasteiger partial charge >= 0.3 is 0 Å². The third kappa shape index (κ3) is 4.33. The molecular formula is C18H20ClNO. The van der Waals surface area contributed by atoms with Gasteiger partial charge in [0, 0.05) is 24.5 Å². The number of rotatable bonds is 6. The molecule has 1 amide bonds. The van der Waals surface area contributed by atoms with Crippen molar-refractivity contribution in [2.45, 2.75) is 19.2 Å². The van der Waals surface area contributed by atoms with Crippen LogP contribution in [-0.4, -0.2) is 23.9 Å². The van der Waals surface area contributed by atoms with Crippen LogP contribution in [-0.2, 0) is 12.3 Å². The average Bonchev–Trinajstić information content (AvgIpc) is 2.56. The molecule has 2 aromatic carbocycles. The Morgan fingerprint density at radius 3 is 2.43 bits per heavy atom. The molecule has 0 saturated heterocycles. The highest BCUT2D eigenvalue weighted by Gasteiger charge is 2.14. The van der Waals surface area contributed by atoms with E-state index in [1.807, 2.05) is 54.3 Å². The Morgan fingerprint density at radius 2 is 1.76 bits per heavy atom. The first-order chi connectivity index (χ1) is 10.2. The quantitative estimate of drug-likeness (QED) is 0.735. The lowest BCUT2D eigenvalue weighted by atomic mass is 10.1. The van der Waals surface area contributed by atoms with E-state index in [1.54, 1.807) is 0 Å². The van der Waals surface area contributed by atoms with Crippen molar-refractivity contribution in [3.05, 3.63) is 71.3 Å². The number of hydrogen-bond donors (Lipinski definition) is 0. The zero-order chi connectivity index (χ0) is 15.1. The summed E-state index contributed by atoms with van der Waals surface area (Å²) in [6, 6.07) is 17.8. The van der Waals surface area contributed by atoms with Crippen molar-refractivity contribution in [2.24, 2.45) is 0 Å². The van der Waals surface area contributed by atoms with Crippen molar-refractivity contribution in [1.29, 1.82) is 0 Å². The zero-order valence-corrected chi connectivity index (χ0v) is 13.0. The molecule has 0 aromatic heterocycles. The number of likely N-dealkylation sites (N-methyl/N-ethyl adjacent to an activating group) is 1. The van der Waals surface area contributed by atoms with Gasteiger partial charge in [0.05, 0.1) is 0 Å². The van der Waals surface area contributed by atoms with E-state index in [4.69, 9.17) is 11.6 Å². The topological polar surface area (TPSA) is 20.3 Å². The molecule has 0 aliphatic heterocycles. The van der Waals surface area contributed by atoms with E-state index in [0.29, 0.717) is 18.0 Å². The van der Waals surface area contributed by atoms with Crippen LogP contribution in [0, 0.1) is 0 Å². The Kier molecular flexibility index (Phi) is 5.82. The van der Waals surface area contributed by atoms with Crippen LogP contribution >= 0.6 is 11.6 Å². The summed E-state index contributed by atoms with van der Waals surface area (Å²) in [5, 5.41) is 0. The van der Waals surface area contributed by atoms with Crippen molar-refractivity contribution >= 4 is 17.5 Å². The van der Waals surface area contributed by atoms with Gasteiger partial charge in [0.15, 0.2) is 0 Å². The molecule has 0 fully saturated rings. The maximum atomic E-state index is 12.5. The second kappa shape index (κ2) is 7.84. The molecule has 110 valence electrons. The third-order valence-corrected chi connectivity index (χ3v) is 3.82. The molecule has 0 bridgehead atoms. The fourth-order valence-electron chi connectivity index (χ4n) is 2.28. The lowest BCUT2D eigenvalue weighted by molar-refractivity contribution is 0.0766. The Labute approximate surface area is 131 Å². The van der Waals surface area contributed by atoms with Crippen molar-refractivity contribution in [1.82, 2.24) is 4.90 Å². The molecule has 2 nitrogen and oxygen atoms in total. The number of alkyl halides is 1. The molecule has 2 aromatic rings. The number of nitrogens with zero attached hydrogens (tertiary/aromatic N) is 1. The van der Waals surface area contributed by atoms with Gasteiger partial charge in [-0.3, -0.25) is 4.79 Å². The van der Waals surface area contributed by atoms with Crippen LogP contribution in [0.1, 0.15) is 28.4 Å². The van der Waals surface area contributed by atoms with Gasteiger partial charge in [0.2, 0.25) is 0 Å². The van der Waals surface area contributed by atoms with Crippen LogP contribution in [0.25, 0.3) is 0 Å². The van der Waals surface area contributed by atoms with Gasteiger partial charge in [-0.2, -0.15) is 0 Å². The fourth-order valence-corrected chi connectivity index (χ4v) is 2.45. The normalized spacial score (nSPS) is 10.4. The Balaban J connectivity index is 2.04. The van der Waals surface area contributed by atoms with Gasteiger partial charge in [0.25, 0.3) is 5.91 Å². The van der Waals surface area contributed by atoms with E-state index in [1.165, 1.54) is 5.56 Å². The van der Waals surface area contributed by atoms with Crippen LogP contribution in [0.5, 0.6) is 0 Å². The van der Waals surface area contributed by atoms with Crippen LogP contribution in [0.4, 0.5) is 0 Å². The summed E-state index contributed by atoms with van der Waals surface area (Å²) >= 11 is 5.83. The van der Waals surface area contributed by atoms with Crippen LogP contribution in [0.2, 0.25) is 0 Å². The second-order valence-corrected chi connectivity index (χ2v) is 5.22. The average molecular weight is 302 g/mol. The van der Waals surface area contributed by atoms with Crippen molar-refractivity contribution in [2.75, 3.05) is 13.1 Å². The lowest BCUT2D eigenvalue weighted by Gasteiger charge is -2.21. The number of halogens is 1. The van der Waals surface area contributed by atoms with Crippen molar-refractivity contribution < 1.29 is 4.79 Å². The van der Waals surface area contributed by atoms with E-state index < -0.39 is 0 Å². The first-order valence-electron chi connectivity index (χ1n) is 7.22. The van der Waals surface area contributed by atoms with Gasteiger partial charge < -0.3 is 4.90 Å². The first-order valence-corrected chi connectivity index (χ1v) is 7.76. The van der Waals surface area contributed by atoms with E-state index >= 15 is 0 Å². The number of carbonyl (C=O) groups is 1. The molecule has 0 unspecified atom stereocenters. The van der Waals surface area contributed by atoms with Crippen LogP contribution in [0.15, 0.2) is 54.6 Å². The maximum Gasteiger partial charge on any atom is 0.253 e. The molecule has 0 radical (unpaired) electrons. The first kappa shape index (κ1) is 15.6. The molecule has 21 heavy (non-hydrogen) atoms. The minimum absolute atomic E-state index is 0.0698. The largest absolute Gasteiger partial charge is 0.339 e. The molecule has 0 spiro atoms. The van der Waals surface area contributed by atoms with E-state index in [0.717, 1.165) is 18.5 Å². The van der Waals surface area contributed by atoms with Gasteiger partial charge in [0.1, 0.15) is 0 Å². The van der Waals surface area contributed by atoms with Crippen molar-refractivity contribution in [3.63, 3.8) is 0 Å². The summed E-state index contributed by atoms with van der Waals surface area (Å²) in [5.41, 5.74) is 2.93. The molecule has 0 aliphatic carbocycles. The van der Waals surface area contributed by atoms with Crippen molar-refractivity contribution in [3.8, 4) is 0 Å². The summed E-state index contributed by atoms with van der Waals surface area (Å²) in [6.07, 6.45) is 0.871. The predicted molar refractivity (Wildman–Crippen MR) is 87.7 cm³/mol. The smallest absolute Gasteiger partial charge is 0.253 e. The highest BCUT2D eigenvalue weighted by molar-refractivity contribution is 6.17. The summed E-state index contributed by atoms with van der Waals surface area (Å²) in [4.78, 5) is 14.4. The SMILES string of the molecule is CCN(CCc1ccccc1)C(=O)c1cccc(CCl)c1. The summed E-state index contributed by atoms with van der Waals surface area (Å²) in [7, 11) is 0. The highest BCUT2D eigenvalue weighted by Crippen LogP contribution is 2.11. The summed E-state index contributed by atoms with van der Waals surface area (Å²) in [6.45, 7) is 3.44. The maximum absolute atomic E-state index is 12.5. The molecule has 2 rings (SSSR count). The van der Waals surface area contributed by atoms with Crippen LogP contribution in [0.3, 0.4) is 0 Å². The van der Waals surface area contributed by atoms with Gasteiger partial charge in [-0.05, 0) is 36.6 Å². The molecule has 0 saturated carbocycles. The molecule has 3 heteroatoms. The van der Waals surface area contributed by atoms with E-state index in [-0.39, 0.29) is 5.91 Å². The number of benzene rings is 2. The van der Waals surface area contributed by atoms with E-state index in [2.05, 4.69) is 12.1 Å². The number of carbonyl (C=O) groups excluding carboxylic acids is 1. The molecule has 0 N–H and O–H groups in total. The number of amides is 1. The van der Waals surface area contributed by atoms with Crippen LogP contribution < -0.4 is 0 Å². The Hall–Kier alpha value is -1.80. The molecule has 0 aliphatic rings. The minimum Gasteiger partial charge on any atom is -0.339 e. The molecule has 0 atom stereocenters. The second-order valence-electron chi connectivity index (χ2n) is 4.95. The third-order valence-electron chi connectivity index (χ3n) is 3.51. The van der Waals surface area contributed by atoms with Gasteiger partial charge in [-0.25, -0.2) is 0 Å². The van der Waals surface area contributed by atoms with E-state index in [9.17, 15) is 4.79 Å². The monoisotopic (exact) mass is 301 g/mol.